The zero-order valence-corrected chi connectivity index (χ0v) is 10.0. The van der Waals surface area contributed by atoms with E-state index in [4.69, 9.17) is 0 Å². The molecule has 0 radical (unpaired) electrons. The van der Waals surface area contributed by atoms with Gasteiger partial charge in [0.1, 0.15) is 0 Å². The van der Waals surface area contributed by atoms with Gasteiger partial charge in [0, 0.05) is 5.70 Å². The summed E-state index contributed by atoms with van der Waals surface area (Å²) in [6, 6.07) is 10.6. The van der Waals surface area contributed by atoms with Crippen LogP contribution in [0.5, 0.6) is 0 Å². The van der Waals surface area contributed by atoms with Crippen LogP contribution in [0.15, 0.2) is 54.3 Å². The minimum Gasteiger partial charge on any atom is -0.376 e. The Balaban J connectivity index is 2.14. The number of hydrogen-bond acceptors (Lipinski definition) is 1. The lowest BCUT2D eigenvalue weighted by molar-refractivity contribution is 0.452. The van der Waals surface area contributed by atoms with Crippen LogP contribution in [0.2, 0.25) is 0 Å². The predicted octanol–water partition coefficient (Wildman–Crippen LogP) is 3.75. The van der Waals surface area contributed by atoms with Crippen molar-refractivity contribution in [3.8, 4) is 0 Å². The zero-order chi connectivity index (χ0) is 11.4. The van der Waals surface area contributed by atoms with Crippen LogP contribution >= 0.6 is 0 Å². The van der Waals surface area contributed by atoms with E-state index in [1.165, 1.54) is 11.3 Å². The monoisotopic (exact) mass is 213 g/mol. The maximum atomic E-state index is 3.59. The average molecular weight is 213 g/mol. The molecule has 1 nitrogen and oxygen atoms in total. The van der Waals surface area contributed by atoms with Gasteiger partial charge in [0.2, 0.25) is 0 Å². The molecule has 16 heavy (non-hydrogen) atoms. The van der Waals surface area contributed by atoms with E-state index < -0.39 is 0 Å². The molecule has 1 aromatic rings. The Kier molecular flexibility index (Phi) is 3.14. The largest absolute Gasteiger partial charge is 0.376 e. The zero-order valence-electron chi connectivity index (χ0n) is 10.0. The highest BCUT2D eigenvalue weighted by Crippen LogP contribution is 2.22. The molecule has 0 unspecified atom stereocenters. The molecular weight excluding hydrogens is 194 g/mol. The summed E-state index contributed by atoms with van der Waals surface area (Å²) in [5.41, 5.74) is 2.53. The van der Waals surface area contributed by atoms with Crippen LogP contribution in [0, 0.1) is 0 Å². The third kappa shape index (κ3) is 2.54. The minimum atomic E-state index is -0.0191. The standard InChI is InChI=1S/C15H19N/c1-15(2,13-9-5-3-6-10-13)16-14-11-7-4-8-12-14/h3,5-7,9-12,16H,4,8H2,1-2H3. The van der Waals surface area contributed by atoms with Gasteiger partial charge in [0.15, 0.2) is 0 Å². The molecule has 1 aliphatic carbocycles. The topological polar surface area (TPSA) is 12.0 Å². The maximum Gasteiger partial charge on any atom is 0.0568 e. The van der Waals surface area contributed by atoms with Crippen molar-refractivity contribution in [1.29, 1.82) is 0 Å². The second kappa shape index (κ2) is 4.56. The Morgan fingerprint density at radius 1 is 1.06 bits per heavy atom. The molecular formula is C15H19N. The highest BCUT2D eigenvalue weighted by atomic mass is 15.0. The Morgan fingerprint density at radius 3 is 2.44 bits per heavy atom. The highest BCUT2D eigenvalue weighted by Gasteiger charge is 2.20. The van der Waals surface area contributed by atoms with Crippen molar-refractivity contribution in [2.75, 3.05) is 0 Å². The molecule has 0 atom stereocenters. The third-order valence-corrected chi connectivity index (χ3v) is 2.95. The van der Waals surface area contributed by atoms with E-state index >= 15 is 0 Å². The summed E-state index contributed by atoms with van der Waals surface area (Å²) in [5, 5.41) is 3.59. The Labute approximate surface area is 97.9 Å². The van der Waals surface area contributed by atoms with Gasteiger partial charge in [-0.1, -0.05) is 42.5 Å². The fourth-order valence-corrected chi connectivity index (χ4v) is 1.99. The molecule has 0 bridgehead atoms. The second-order valence-electron chi connectivity index (χ2n) is 4.76. The average Bonchev–Trinajstić information content (AvgIpc) is 2.31. The lowest BCUT2D eigenvalue weighted by atomic mass is 9.93. The number of benzene rings is 1. The Morgan fingerprint density at radius 2 is 1.81 bits per heavy atom. The number of hydrogen-bond donors (Lipinski definition) is 1. The van der Waals surface area contributed by atoms with E-state index in [0.717, 1.165) is 12.8 Å². The molecule has 84 valence electrons. The summed E-state index contributed by atoms with van der Waals surface area (Å²) in [6.45, 7) is 4.43. The normalized spacial score (nSPS) is 15.8. The molecule has 1 aromatic carbocycles. The molecule has 1 aliphatic rings. The van der Waals surface area contributed by atoms with Crippen LogP contribution < -0.4 is 5.32 Å². The van der Waals surface area contributed by atoms with Gasteiger partial charge < -0.3 is 5.32 Å². The minimum absolute atomic E-state index is 0.0191. The quantitative estimate of drug-likeness (QED) is 0.806. The summed E-state index contributed by atoms with van der Waals surface area (Å²) in [6.07, 6.45) is 8.98. The van der Waals surface area contributed by atoms with E-state index in [-0.39, 0.29) is 5.54 Å². The molecule has 2 rings (SSSR count). The van der Waals surface area contributed by atoms with Crippen LogP contribution in [0.25, 0.3) is 0 Å². The number of allylic oxidation sites excluding steroid dienone is 3. The molecule has 0 spiro atoms. The van der Waals surface area contributed by atoms with Gasteiger partial charge in [-0.15, -0.1) is 0 Å². The van der Waals surface area contributed by atoms with Crippen molar-refractivity contribution in [3.05, 3.63) is 59.8 Å². The van der Waals surface area contributed by atoms with Crippen molar-refractivity contribution >= 4 is 0 Å². The maximum absolute atomic E-state index is 3.59. The number of rotatable bonds is 3. The second-order valence-corrected chi connectivity index (χ2v) is 4.76. The molecule has 0 amide bonds. The molecule has 0 saturated heterocycles. The highest BCUT2D eigenvalue weighted by molar-refractivity contribution is 5.28. The summed E-state index contributed by atoms with van der Waals surface area (Å²) in [7, 11) is 0. The predicted molar refractivity (Wildman–Crippen MR) is 69.1 cm³/mol. The molecule has 1 heteroatoms. The van der Waals surface area contributed by atoms with Gasteiger partial charge in [0.05, 0.1) is 5.54 Å². The first-order valence-electron chi connectivity index (χ1n) is 5.89. The first kappa shape index (κ1) is 11.0. The van der Waals surface area contributed by atoms with E-state index in [1.807, 2.05) is 0 Å². The van der Waals surface area contributed by atoms with Gasteiger partial charge >= 0.3 is 0 Å². The molecule has 0 saturated carbocycles. The van der Waals surface area contributed by atoms with Gasteiger partial charge in [0.25, 0.3) is 0 Å². The van der Waals surface area contributed by atoms with Crippen LogP contribution in [-0.2, 0) is 5.54 Å². The van der Waals surface area contributed by atoms with Crippen LogP contribution in [-0.4, -0.2) is 0 Å². The molecule has 0 aromatic heterocycles. The van der Waals surface area contributed by atoms with Gasteiger partial charge in [-0.05, 0) is 38.3 Å². The molecule has 0 aliphatic heterocycles. The van der Waals surface area contributed by atoms with Gasteiger partial charge in [-0.25, -0.2) is 0 Å². The van der Waals surface area contributed by atoms with Crippen LogP contribution in [0.1, 0.15) is 32.3 Å². The van der Waals surface area contributed by atoms with E-state index in [2.05, 4.69) is 67.7 Å². The summed E-state index contributed by atoms with van der Waals surface area (Å²) < 4.78 is 0. The lowest BCUT2D eigenvalue weighted by Crippen LogP contribution is -2.35. The first-order valence-corrected chi connectivity index (χ1v) is 5.89. The number of nitrogens with one attached hydrogen (secondary N) is 1. The molecule has 0 heterocycles. The summed E-state index contributed by atoms with van der Waals surface area (Å²) in [4.78, 5) is 0. The lowest BCUT2D eigenvalue weighted by Gasteiger charge is -2.29. The van der Waals surface area contributed by atoms with Crippen molar-refractivity contribution in [3.63, 3.8) is 0 Å². The Hall–Kier alpha value is -1.50. The molecule has 0 fully saturated rings. The SMILES string of the molecule is CC(C)(NC1=CCCC=C1)c1ccccc1. The van der Waals surface area contributed by atoms with E-state index in [9.17, 15) is 0 Å². The summed E-state index contributed by atoms with van der Waals surface area (Å²) in [5.74, 6) is 0. The van der Waals surface area contributed by atoms with Crippen molar-refractivity contribution < 1.29 is 0 Å². The summed E-state index contributed by atoms with van der Waals surface area (Å²) >= 11 is 0. The smallest absolute Gasteiger partial charge is 0.0568 e. The van der Waals surface area contributed by atoms with Crippen molar-refractivity contribution in [1.82, 2.24) is 5.32 Å². The van der Waals surface area contributed by atoms with E-state index in [1.54, 1.807) is 0 Å². The Bertz CT molecular complexity index is 399. The van der Waals surface area contributed by atoms with Gasteiger partial charge in [-0.3, -0.25) is 0 Å². The van der Waals surface area contributed by atoms with E-state index in [0.29, 0.717) is 0 Å². The third-order valence-electron chi connectivity index (χ3n) is 2.95. The molecule has 1 N–H and O–H groups in total. The van der Waals surface area contributed by atoms with Crippen LogP contribution in [0.4, 0.5) is 0 Å². The van der Waals surface area contributed by atoms with Crippen LogP contribution in [0.3, 0.4) is 0 Å². The van der Waals surface area contributed by atoms with Crippen molar-refractivity contribution in [2.24, 2.45) is 0 Å². The fourth-order valence-electron chi connectivity index (χ4n) is 1.99. The van der Waals surface area contributed by atoms with Gasteiger partial charge in [-0.2, -0.15) is 0 Å². The fraction of sp³-hybridized carbons (Fsp3) is 0.333. The van der Waals surface area contributed by atoms with Crippen molar-refractivity contribution in [2.45, 2.75) is 32.2 Å². The first-order chi connectivity index (χ1) is 7.68.